The first-order chi connectivity index (χ1) is 7.69. The van der Waals surface area contributed by atoms with E-state index in [9.17, 15) is 9.90 Å². The molecule has 1 aliphatic rings. The summed E-state index contributed by atoms with van der Waals surface area (Å²) in [4.78, 5) is 11.4. The predicted molar refractivity (Wildman–Crippen MR) is 57.7 cm³/mol. The first kappa shape index (κ1) is 10.5. The molecule has 0 amide bonds. The average Bonchev–Trinajstić information content (AvgIpc) is 2.64. The Bertz CT molecular complexity index is 463. The molecule has 0 spiro atoms. The van der Waals surface area contributed by atoms with Crippen LogP contribution in [0.4, 0.5) is 0 Å². The Labute approximate surface area is 93.1 Å². The molecule has 1 aliphatic heterocycles. The number of aromatic hydroxyl groups is 1. The van der Waals surface area contributed by atoms with Crippen LogP contribution in [0.2, 0.25) is 0 Å². The first-order valence-corrected chi connectivity index (χ1v) is 4.88. The monoisotopic (exact) mass is 220 g/mol. The number of phenols is 1. The number of carbonyl (C=O) groups excluding carboxylic acids is 1. The Morgan fingerprint density at radius 3 is 3.06 bits per heavy atom. The summed E-state index contributed by atoms with van der Waals surface area (Å²) < 4.78 is 10.0. The molecule has 0 saturated heterocycles. The van der Waals surface area contributed by atoms with Crippen LogP contribution in [-0.2, 0) is 17.8 Å². The number of hydrogen-bond acceptors (Lipinski definition) is 4. The van der Waals surface area contributed by atoms with Crippen molar-refractivity contribution in [3.8, 4) is 11.5 Å². The molecule has 0 aromatic heterocycles. The standard InChI is InChI=1S/C12H12O4/c1-3-4-8-9(15-2)5-7-6-16-12(14)10(7)11(8)13/h3,5,13H,1,4,6H2,2H3. The maximum Gasteiger partial charge on any atom is 0.342 e. The van der Waals surface area contributed by atoms with Crippen molar-refractivity contribution < 1.29 is 19.4 Å². The van der Waals surface area contributed by atoms with Crippen LogP contribution in [0.5, 0.6) is 11.5 Å². The predicted octanol–water partition coefficient (Wildman–Crippen LogP) is 1.80. The topological polar surface area (TPSA) is 55.8 Å². The number of phenolic OH excluding ortho intramolecular Hbond substituents is 1. The second-order valence-corrected chi connectivity index (χ2v) is 3.51. The van der Waals surface area contributed by atoms with Gasteiger partial charge in [0.1, 0.15) is 23.7 Å². The van der Waals surface area contributed by atoms with Gasteiger partial charge in [-0.1, -0.05) is 6.08 Å². The van der Waals surface area contributed by atoms with E-state index in [1.54, 1.807) is 12.1 Å². The normalized spacial score (nSPS) is 13.2. The molecule has 0 unspecified atom stereocenters. The van der Waals surface area contributed by atoms with E-state index in [4.69, 9.17) is 9.47 Å². The van der Waals surface area contributed by atoms with E-state index in [0.717, 1.165) is 0 Å². The first-order valence-electron chi connectivity index (χ1n) is 4.88. The van der Waals surface area contributed by atoms with Gasteiger partial charge < -0.3 is 14.6 Å². The summed E-state index contributed by atoms with van der Waals surface area (Å²) >= 11 is 0. The lowest BCUT2D eigenvalue weighted by molar-refractivity contribution is 0.0533. The highest BCUT2D eigenvalue weighted by atomic mass is 16.5. The van der Waals surface area contributed by atoms with Crippen LogP contribution >= 0.6 is 0 Å². The van der Waals surface area contributed by atoms with Crippen LogP contribution in [-0.4, -0.2) is 18.2 Å². The largest absolute Gasteiger partial charge is 0.507 e. The van der Waals surface area contributed by atoms with E-state index in [1.165, 1.54) is 7.11 Å². The second kappa shape index (κ2) is 3.89. The van der Waals surface area contributed by atoms with E-state index < -0.39 is 5.97 Å². The maximum atomic E-state index is 11.4. The quantitative estimate of drug-likeness (QED) is 0.623. The molecule has 1 aromatic carbocycles. The van der Waals surface area contributed by atoms with Crippen molar-refractivity contribution in [3.63, 3.8) is 0 Å². The lowest BCUT2D eigenvalue weighted by Crippen LogP contribution is -1.99. The van der Waals surface area contributed by atoms with Crippen LogP contribution in [0.15, 0.2) is 18.7 Å². The zero-order valence-electron chi connectivity index (χ0n) is 8.95. The molecule has 4 heteroatoms. The molecular weight excluding hydrogens is 208 g/mol. The molecule has 0 atom stereocenters. The summed E-state index contributed by atoms with van der Waals surface area (Å²) in [6.07, 6.45) is 2.08. The molecule has 0 aliphatic carbocycles. The average molecular weight is 220 g/mol. The molecule has 1 aromatic rings. The summed E-state index contributed by atoms with van der Waals surface area (Å²) in [5.41, 5.74) is 1.47. The molecule has 0 bridgehead atoms. The maximum absolute atomic E-state index is 11.4. The van der Waals surface area contributed by atoms with Crippen LogP contribution in [0.1, 0.15) is 21.5 Å². The molecule has 0 fully saturated rings. The van der Waals surface area contributed by atoms with E-state index in [2.05, 4.69) is 6.58 Å². The molecule has 4 nitrogen and oxygen atoms in total. The van der Waals surface area contributed by atoms with Gasteiger partial charge in [-0.05, 0) is 12.5 Å². The minimum Gasteiger partial charge on any atom is -0.507 e. The fourth-order valence-electron chi connectivity index (χ4n) is 1.82. The number of benzene rings is 1. The van der Waals surface area contributed by atoms with Crippen molar-refractivity contribution in [2.45, 2.75) is 13.0 Å². The zero-order valence-corrected chi connectivity index (χ0v) is 8.95. The van der Waals surface area contributed by atoms with Gasteiger partial charge in [0.25, 0.3) is 0 Å². The minimum absolute atomic E-state index is 0.0586. The van der Waals surface area contributed by atoms with Gasteiger partial charge in [-0.15, -0.1) is 6.58 Å². The number of carbonyl (C=O) groups is 1. The van der Waals surface area contributed by atoms with Crippen molar-refractivity contribution in [2.75, 3.05) is 7.11 Å². The molecule has 84 valence electrons. The summed E-state index contributed by atoms with van der Waals surface area (Å²) in [7, 11) is 1.52. The third-order valence-electron chi connectivity index (χ3n) is 2.58. The smallest absolute Gasteiger partial charge is 0.342 e. The molecule has 16 heavy (non-hydrogen) atoms. The number of methoxy groups -OCH3 is 1. The minimum atomic E-state index is -0.486. The molecular formula is C12H12O4. The number of fused-ring (bicyclic) bond motifs is 1. The highest BCUT2D eigenvalue weighted by Crippen LogP contribution is 2.38. The van der Waals surface area contributed by atoms with Crippen molar-refractivity contribution >= 4 is 5.97 Å². The van der Waals surface area contributed by atoms with Crippen molar-refractivity contribution in [2.24, 2.45) is 0 Å². The highest BCUT2D eigenvalue weighted by Gasteiger charge is 2.28. The number of hydrogen-bond donors (Lipinski definition) is 1. The van der Waals surface area contributed by atoms with Gasteiger partial charge in [-0.3, -0.25) is 0 Å². The van der Waals surface area contributed by atoms with Crippen molar-refractivity contribution in [1.29, 1.82) is 0 Å². The number of allylic oxidation sites excluding steroid dienone is 1. The Morgan fingerprint density at radius 2 is 2.44 bits per heavy atom. The Balaban J connectivity index is 2.64. The lowest BCUT2D eigenvalue weighted by atomic mass is 10.0. The van der Waals surface area contributed by atoms with E-state index in [1.807, 2.05) is 0 Å². The van der Waals surface area contributed by atoms with Crippen LogP contribution in [0, 0.1) is 0 Å². The summed E-state index contributed by atoms with van der Waals surface area (Å²) in [5.74, 6) is 0.00617. The molecule has 0 saturated carbocycles. The second-order valence-electron chi connectivity index (χ2n) is 3.51. The Kier molecular flexibility index (Phi) is 2.56. The van der Waals surface area contributed by atoms with E-state index >= 15 is 0 Å². The van der Waals surface area contributed by atoms with Crippen LogP contribution in [0.25, 0.3) is 0 Å². The SMILES string of the molecule is C=CCc1c(OC)cc2c(c1O)C(=O)OC2. The summed E-state index contributed by atoms with van der Waals surface area (Å²) in [5, 5.41) is 9.99. The fraction of sp³-hybridized carbons (Fsp3) is 0.250. The lowest BCUT2D eigenvalue weighted by Gasteiger charge is -2.11. The zero-order chi connectivity index (χ0) is 11.7. The number of esters is 1. The Hall–Kier alpha value is -1.97. The number of ether oxygens (including phenoxy) is 2. The molecule has 1 N–H and O–H groups in total. The van der Waals surface area contributed by atoms with Gasteiger partial charge in [-0.25, -0.2) is 4.79 Å². The summed E-state index contributed by atoms with van der Waals surface area (Å²) in [6.45, 7) is 3.79. The highest BCUT2D eigenvalue weighted by molar-refractivity contribution is 5.97. The summed E-state index contributed by atoms with van der Waals surface area (Å²) in [6, 6.07) is 1.72. The van der Waals surface area contributed by atoms with Gasteiger partial charge in [0.2, 0.25) is 0 Å². The molecule has 2 rings (SSSR count). The van der Waals surface area contributed by atoms with Gasteiger partial charge in [0, 0.05) is 11.1 Å². The van der Waals surface area contributed by atoms with E-state index in [0.29, 0.717) is 23.3 Å². The van der Waals surface area contributed by atoms with Gasteiger partial charge >= 0.3 is 5.97 Å². The van der Waals surface area contributed by atoms with Crippen LogP contribution < -0.4 is 4.74 Å². The number of rotatable bonds is 3. The third-order valence-corrected chi connectivity index (χ3v) is 2.58. The van der Waals surface area contributed by atoms with Crippen molar-refractivity contribution in [1.82, 2.24) is 0 Å². The number of cyclic esters (lactones) is 1. The van der Waals surface area contributed by atoms with E-state index in [-0.39, 0.29) is 17.9 Å². The van der Waals surface area contributed by atoms with Gasteiger partial charge in [-0.2, -0.15) is 0 Å². The van der Waals surface area contributed by atoms with Gasteiger partial charge in [0.15, 0.2) is 0 Å². The Morgan fingerprint density at radius 1 is 1.69 bits per heavy atom. The van der Waals surface area contributed by atoms with Crippen LogP contribution in [0.3, 0.4) is 0 Å². The van der Waals surface area contributed by atoms with Gasteiger partial charge in [0.05, 0.1) is 7.11 Å². The molecule has 0 radical (unpaired) electrons. The fourth-order valence-corrected chi connectivity index (χ4v) is 1.82. The van der Waals surface area contributed by atoms with Crippen molar-refractivity contribution in [3.05, 3.63) is 35.4 Å². The molecule has 1 heterocycles. The third kappa shape index (κ3) is 1.43.